The molecule has 1 heteroatoms. The summed E-state index contributed by atoms with van der Waals surface area (Å²) in [5, 5.41) is 0. The van der Waals surface area contributed by atoms with Crippen molar-refractivity contribution in [3.05, 3.63) is 35.9 Å². The molecule has 0 fully saturated rings. The Hall–Kier alpha value is -0.820. The van der Waals surface area contributed by atoms with Gasteiger partial charge in [0.2, 0.25) is 0 Å². The largest absolute Gasteiger partial charge is 0.384 e. The second-order valence-electron chi connectivity index (χ2n) is 2.01. The smallest absolute Gasteiger partial charge is 0.0570 e. The van der Waals surface area contributed by atoms with Gasteiger partial charge >= 0.3 is 0 Å². The molecular formula is C9H12O. The average molecular weight is 138 g/mol. The fourth-order valence-corrected chi connectivity index (χ4v) is 0.751. The molecule has 0 saturated carbocycles. The first-order valence-corrected chi connectivity index (χ1v) is 3.23. The highest BCUT2D eigenvalue weighted by atomic mass is 16.5. The monoisotopic (exact) mass is 138 g/mol. The predicted molar refractivity (Wildman–Crippen MR) is 42.0 cm³/mol. The van der Waals surface area contributed by atoms with E-state index in [0.29, 0.717) is 6.42 Å². The van der Waals surface area contributed by atoms with Gasteiger partial charge in [0.1, 0.15) is 0 Å². The quantitative estimate of drug-likeness (QED) is 0.619. The van der Waals surface area contributed by atoms with Gasteiger partial charge in [-0.25, -0.2) is 0 Å². The Morgan fingerprint density at radius 3 is 2.70 bits per heavy atom. The summed E-state index contributed by atoms with van der Waals surface area (Å²) in [4.78, 5) is 0. The van der Waals surface area contributed by atoms with Gasteiger partial charge in [-0.1, -0.05) is 30.3 Å². The van der Waals surface area contributed by atoms with Crippen molar-refractivity contribution in [1.29, 1.82) is 0 Å². The molecule has 1 nitrogen and oxygen atoms in total. The van der Waals surface area contributed by atoms with E-state index in [1.807, 2.05) is 30.3 Å². The molecule has 0 saturated heterocycles. The molecule has 1 rings (SSSR count). The van der Waals surface area contributed by atoms with E-state index >= 15 is 0 Å². The average Bonchev–Trinajstić information content (AvgIpc) is 2.06. The van der Waals surface area contributed by atoms with Crippen LogP contribution in [0.5, 0.6) is 0 Å². The normalized spacial score (nSPS) is 14.1. The Bertz CT molecular complexity index is 234. The minimum Gasteiger partial charge on any atom is -0.384 e. The summed E-state index contributed by atoms with van der Waals surface area (Å²) in [5.74, 6) is 0. The molecule has 0 radical (unpaired) electrons. The number of methoxy groups -OCH3 is 1. The number of aryl methyl sites for hydroxylation is 1. The van der Waals surface area contributed by atoms with Gasteiger partial charge < -0.3 is 4.74 Å². The van der Waals surface area contributed by atoms with Crippen LogP contribution < -0.4 is 0 Å². The topological polar surface area (TPSA) is 9.23 Å². The lowest BCUT2D eigenvalue weighted by Gasteiger charge is -1.97. The summed E-state index contributed by atoms with van der Waals surface area (Å²) < 4.78 is 19.4. The third kappa shape index (κ3) is 2.19. The van der Waals surface area contributed by atoms with Crippen LogP contribution in [0.15, 0.2) is 30.3 Å². The summed E-state index contributed by atoms with van der Waals surface area (Å²) in [6, 6.07) is 9.46. The first-order valence-electron chi connectivity index (χ1n) is 4.23. The van der Waals surface area contributed by atoms with E-state index in [9.17, 15) is 0 Å². The van der Waals surface area contributed by atoms with Crippen LogP contribution in [0.1, 0.15) is 8.30 Å². The van der Waals surface area contributed by atoms with E-state index < -0.39 is 6.56 Å². The molecule has 54 valence electrons. The van der Waals surface area contributed by atoms with Crippen LogP contribution in [0.3, 0.4) is 0 Å². The highest BCUT2D eigenvalue weighted by molar-refractivity contribution is 5.14. The van der Waals surface area contributed by atoms with Crippen molar-refractivity contribution in [2.45, 2.75) is 6.42 Å². The summed E-state index contributed by atoms with van der Waals surface area (Å²) in [6.07, 6.45) is 0.296. The number of rotatable bonds is 3. The summed E-state index contributed by atoms with van der Waals surface area (Å²) in [7, 11) is 1.38. The second-order valence-corrected chi connectivity index (χ2v) is 2.01. The maximum atomic E-state index is 7.36. The van der Waals surface area contributed by atoms with Crippen LogP contribution in [0.4, 0.5) is 0 Å². The second kappa shape index (κ2) is 4.07. The molecule has 1 aromatic carbocycles. The molecule has 0 aromatic heterocycles. The highest BCUT2D eigenvalue weighted by Crippen LogP contribution is 1.98. The van der Waals surface area contributed by atoms with Crippen LogP contribution in [0.25, 0.3) is 0 Å². The van der Waals surface area contributed by atoms with E-state index in [1.165, 1.54) is 7.11 Å². The lowest BCUT2D eigenvalue weighted by atomic mass is 10.2. The van der Waals surface area contributed by atoms with Crippen LogP contribution in [0, 0.1) is 0 Å². The molecule has 0 atom stereocenters. The van der Waals surface area contributed by atoms with E-state index in [-0.39, 0.29) is 0 Å². The minimum atomic E-state index is -1.55. The van der Waals surface area contributed by atoms with Crippen molar-refractivity contribution in [1.82, 2.24) is 0 Å². The molecule has 0 aliphatic carbocycles. The number of benzene rings is 1. The molecule has 0 bridgehead atoms. The van der Waals surface area contributed by atoms with Crippen LogP contribution in [-0.2, 0) is 11.2 Å². The van der Waals surface area contributed by atoms with Crippen LogP contribution in [-0.4, -0.2) is 13.7 Å². The summed E-state index contributed by atoms with van der Waals surface area (Å²) >= 11 is 0. The van der Waals surface area contributed by atoms with Gasteiger partial charge in [-0.2, -0.15) is 0 Å². The maximum absolute atomic E-state index is 7.36. The molecule has 0 N–H and O–H groups in total. The van der Waals surface area contributed by atoms with Gasteiger partial charge in [0, 0.05) is 7.11 Å². The van der Waals surface area contributed by atoms with Crippen molar-refractivity contribution in [3.8, 4) is 0 Å². The van der Waals surface area contributed by atoms with Gasteiger partial charge in [-0.05, 0) is 12.0 Å². The fourth-order valence-electron chi connectivity index (χ4n) is 0.751. The SMILES string of the molecule is [2H]C([2H])(Cc1ccccc1)OC. The molecule has 0 unspecified atom stereocenters. The van der Waals surface area contributed by atoms with Crippen molar-refractivity contribution in [2.24, 2.45) is 0 Å². The predicted octanol–water partition coefficient (Wildman–Crippen LogP) is 1.88. The Morgan fingerprint density at radius 2 is 2.10 bits per heavy atom. The van der Waals surface area contributed by atoms with Crippen molar-refractivity contribution < 1.29 is 7.48 Å². The standard InChI is InChI=1S/C9H12O/c1-10-8-7-9-5-3-2-4-6-9/h2-6H,7-8H2,1H3/i8D2. The first kappa shape index (κ1) is 4.91. The van der Waals surface area contributed by atoms with E-state index in [2.05, 4.69) is 4.74 Å². The third-order valence-electron chi connectivity index (χ3n) is 1.26. The van der Waals surface area contributed by atoms with E-state index in [4.69, 9.17) is 2.74 Å². The van der Waals surface area contributed by atoms with Crippen molar-refractivity contribution >= 4 is 0 Å². The fraction of sp³-hybridized carbons (Fsp3) is 0.333. The summed E-state index contributed by atoms with van der Waals surface area (Å²) in [6.45, 7) is -1.55. The Balaban J connectivity index is 2.64. The Labute approximate surface area is 64.4 Å². The zero-order valence-electron chi connectivity index (χ0n) is 8.00. The maximum Gasteiger partial charge on any atom is 0.0570 e. The van der Waals surface area contributed by atoms with Gasteiger partial charge in [0.15, 0.2) is 0 Å². The Morgan fingerprint density at radius 1 is 1.40 bits per heavy atom. The lowest BCUT2D eigenvalue weighted by molar-refractivity contribution is 0.202. The molecule has 0 amide bonds. The van der Waals surface area contributed by atoms with Crippen molar-refractivity contribution in [3.63, 3.8) is 0 Å². The van der Waals surface area contributed by atoms with Crippen LogP contribution in [0.2, 0.25) is 0 Å². The molecule has 0 aliphatic rings. The number of hydrogen-bond acceptors (Lipinski definition) is 1. The van der Waals surface area contributed by atoms with Gasteiger partial charge in [-0.3, -0.25) is 0 Å². The molecule has 1 aromatic rings. The molecular weight excluding hydrogens is 124 g/mol. The van der Waals surface area contributed by atoms with Crippen molar-refractivity contribution in [2.75, 3.05) is 13.7 Å². The minimum absolute atomic E-state index is 0.296. The van der Waals surface area contributed by atoms with E-state index in [0.717, 1.165) is 5.56 Å². The molecule has 0 aliphatic heterocycles. The number of ether oxygens (including phenoxy) is 1. The molecule has 10 heavy (non-hydrogen) atoms. The third-order valence-corrected chi connectivity index (χ3v) is 1.26. The van der Waals surface area contributed by atoms with Gasteiger partial charge in [-0.15, -0.1) is 0 Å². The van der Waals surface area contributed by atoms with Crippen LogP contribution >= 0.6 is 0 Å². The molecule has 0 heterocycles. The highest BCUT2D eigenvalue weighted by Gasteiger charge is 1.87. The number of hydrogen-bond donors (Lipinski definition) is 0. The zero-order chi connectivity index (χ0) is 9.03. The Kier molecular flexibility index (Phi) is 2.00. The van der Waals surface area contributed by atoms with E-state index in [1.54, 1.807) is 0 Å². The lowest BCUT2D eigenvalue weighted by Crippen LogP contribution is -1.92. The van der Waals surface area contributed by atoms with Gasteiger partial charge in [0.05, 0.1) is 9.30 Å². The first-order chi connectivity index (χ1) is 5.64. The van der Waals surface area contributed by atoms with Gasteiger partial charge in [0.25, 0.3) is 0 Å². The summed E-state index contributed by atoms with van der Waals surface area (Å²) in [5.41, 5.74) is 0.948. The molecule has 0 spiro atoms. The zero-order valence-corrected chi connectivity index (χ0v) is 6.00.